The molecule has 0 saturated heterocycles. The van der Waals surface area contributed by atoms with Gasteiger partial charge in [0.25, 0.3) is 5.56 Å². The van der Waals surface area contributed by atoms with E-state index in [1.165, 1.54) is 16.6 Å². The summed E-state index contributed by atoms with van der Waals surface area (Å²) in [5, 5.41) is 2.73. The van der Waals surface area contributed by atoms with E-state index in [1.807, 2.05) is 0 Å². The Balaban J connectivity index is 2.32. The Hall–Kier alpha value is -2.43. The van der Waals surface area contributed by atoms with E-state index >= 15 is 0 Å². The summed E-state index contributed by atoms with van der Waals surface area (Å²) in [4.78, 5) is 15.9. The molecule has 0 amide bonds. The third kappa shape index (κ3) is 1.52. The van der Waals surface area contributed by atoms with Crippen LogP contribution in [-0.4, -0.2) is 14.6 Å². The summed E-state index contributed by atoms with van der Waals surface area (Å²) in [6, 6.07) is 9.21. The van der Waals surface area contributed by atoms with E-state index in [0.717, 1.165) is 0 Å². The first-order valence-electron chi connectivity index (χ1n) is 5.08. The van der Waals surface area contributed by atoms with Gasteiger partial charge in [0.2, 0.25) is 0 Å². The zero-order valence-electron chi connectivity index (χ0n) is 8.72. The number of benzene rings is 1. The molecule has 0 saturated carbocycles. The summed E-state index contributed by atoms with van der Waals surface area (Å²) in [5.74, 6) is -0.390. The van der Waals surface area contributed by atoms with Gasteiger partial charge in [-0.25, -0.2) is 13.9 Å². The van der Waals surface area contributed by atoms with Gasteiger partial charge in [-0.1, -0.05) is 12.1 Å². The highest BCUT2D eigenvalue weighted by molar-refractivity contribution is 5.61. The van der Waals surface area contributed by atoms with Crippen molar-refractivity contribution in [3.8, 4) is 11.3 Å². The molecule has 0 spiro atoms. The molecule has 1 N–H and O–H groups in total. The second-order valence-electron chi connectivity index (χ2n) is 3.62. The van der Waals surface area contributed by atoms with Gasteiger partial charge in [0.15, 0.2) is 5.65 Å². The molecule has 0 radical (unpaired) electrons. The van der Waals surface area contributed by atoms with Crippen LogP contribution in [0.25, 0.3) is 16.9 Å². The Morgan fingerprint density at radius 3 is 2.88 bits per heavy atom. The lowest BCUT2D eigenvalue weighted by molar-refractivity contribution is 0.630. The van der Waals surface area contributed by atoms with Crippen molar-refractivity contribution in [2.75, 3.05) is 0 Å². The molecule has 3 aromatic rings. The first kappa shape index (κ1) is 9.77. The van der Waals surface area contributed by atoms with Crippen molar-refractivity contribution in [2.45, 2.75) is 0 Å². The number of rotatable bonds is 1. The monoisotopic (exact) mass is 229 g/mol. The molecule has 0 fully saturated rings. The number of hydrogen-bond donors (Lipinski definition) is 1. The van der Waals surface area contributed by atoms with Crippen molar-refractivity contribution in [3.05, 3.63) is 58.8 Å². The van der Waals surface area contributed by atoms with E-state index in [9.17, 15) is 9.18 Å². The Labute approximate surface area is 95.3 Å². The smallest absolute Gasteiger partial charge is 0.273 e. The van der Waals surface area contributed by atoms with Crippen molar-refractivity contribution in [1.29, 1.82) is 0 Å². The van der Waals surface area contributed by atoms with Gasteiger partial charge in [-0.2, -0.15) is 0 Å². The molecule has 1 aromatic carbocycles. The molecule has 4 nitrogen and oxygen atoms in total. The summed E-state index contributed by atoms with van der Waals surface area (Å²) < 4.78 is 14.9. The van der Waals surface area contributed by atoms with E-state index in [2.05, 4.69) is 10.1 Å². The van der Waals surface area contributed by atoms with Crippen molar-refractivity contribution in [3.63, 3.8) is 0 Å². The van der Waals surface area contributed by atoms with Crippen LogP contribution in [0.2, 0.25) is 0 Å². The van der Waals surface area contributed by atoms with E-state index in [1.54, 1.807) is 30.5 Å². The lowest BCUT2D eigenvalue weighted by atomic mass is 10.1. The van der Waals surface area contributed by atoms with E-state index < -0.39 is 0 Å². The molecule has 0 bridgehead atoms. The molecular weight excluding hydrogens is 221 g/mol. The molecule has 0 aliphatic heterocycles. The molecule has 0 aliphatic rings. The number of nitrogens with zero attached hydrogens (tertiary/aromatic N) is 2. The highest BCUT2D eigenvalue weighted by atomic mass is 19.1. The number of aromatic nitrogens is 3. The zero-order chi connectivity index (χ0) is 11.8. The first-order chi connectivity index (χ1) is 8.25. The van der Waals surface area contributed by atoms with Crippen molar-refractivity contribution in [1.82, 2.24) is 14.6 Å². The fourth-order valence-electron chi connectivity index (χ4n) is 1.73. The Morgan fingerprint density at radius 1 is 1.24 bits per heavy atom. The van der Waals surface area contributed by atoms with Crippen LogP contribution in [0.3, 0.4) is 0 Å². The third-order valence-corrected chi connectivity index (χ3v) is 2.53. The maximum atomic E-state index is 13.6. The number of halogens is 1. The standard InChI is InChI=1S/C12H8FN3O/c13-9-4-2-1-3-8(9)10-7-12(17)16-11(15-10)5-6-14-16/h1-7,14H. The fourth-order valence-corrected chi connectivity index (χ4v) is 1.73. The lowest BCUT2D eigenvalue weighted by Crippen LogP contribution is -2.14. The molecule has 0 atom stereocenters. The maximum Gasteiger partial charge on any atom is 0.273 e. The number of nitrogens with one attached hydrogen (secondary N) is 1. The average molecular weight is 229 g/mol. The number of aromatic amines is 1. The van der Waals surface area contributed by atoms with E-state index in [4.69, 9.17) is 0 Å². The lowest BCUT2D eigenvalue weighted by Gasteiger charge is -2.02. The quantitative estimate of drug-likeness (QED) is 0.692. The Kier molecular flexibility index (Phi) is 2.04. The van der Waals surface area contributed by atoms with Crippen LogP contribution in [-0.2, 0) is 0 Å². The van der Waals surface area contributed by atoms with Gasteiger partial charge in [-0.15, -0.1) is 0 Å². The SMILES string of the molecule is O=c1cc(-c2ccccc2F)nc2cc[nH]n12. The number of hydrogen-bond acceptors (Lipinski definition) is 2. The second kappa shape index (κ2) is 3.55. The molecule has 3 rings (SSSR count). The van der Waals surface area contributed by atoms with Gasteiger partial charge in [0.1, 0.15) is 5.82 Å². The highest BCUT2D eigenvalue weighted by Crippen LogP contribution is 2.19. The molecule has 17 heavy (non-hydrogen) atoms. The van der Waals surface area contributed by atoms with Crippen LogP contribution < -0.4 is 5.56 Å². The molecule has 84 valence electrons. The summed E-state index contributed by atoms with van der Waals surface area (Å²) in [6.45, 7) is 0. The molecule has 5 heteroatoms. The largest absolute Gasteiger partial charge is 0.297 e. The second-order valence-corrected chi connectivity index (χ2v) is 3.62. The van der Waals surface area contributed by atoms with Crippen LogP contribution in [0.4, 0.5) is 4.39 Å². The predicted octanol–water partition coefficient (Wildman–Crippen LogP) is 1.83. The Morgan fingerprint density at radius 2 is 2.06 bits per heavy atom. The normalized spacial score (nSPS) is 10.9. The number of fused-ring (bicyclic) bond motifs is 1. The molecular formula is C12H8FN3O. The topological polar surface area (TPSA) is 50.2 Å². The van der Waals surface area contributed by atoms with E-state index in [0.29, 0.717) is 16.9 Å². The molecule has 0 unspecified atom stereocenters. The van der Waals surface area contributed by atoms with Crippen LogP contribution in [0.5, 0.6) is 0 Å². The zero-order valence-corrected chi connectivity index (χ0v) is 8.72. The van der Waals surface area contributed by atoms with Gasteiger partial charge in [-0.05, 0) is 12.1 Å². The van der Waals surface area contributed by atoms with Crippen LogP contribution >= 0.6 is 0 Å². The summed E-state index contributed by atoms with van der Waals surface area (Å²) in [7, 11) is 0. The minimum atomic E-state index is -0.390. The fraction of sp³-hybridized carbons (Fsp3) is 0. The van der Waals surface area contributed by atoms with Gasteiger partial charge in [-0.3, -0.25) is 9.89 Å². The minimum absolute atomic E-state index is 0.266. The van der Waals surface area contributed by atoms with Crippen LogP contribution in [0, 0.1) is 5.82 Å². The minimum Gasteiger partial charge on any atom is -0.297 e. The van der Waals surface area contributed by atoms with Crippen molar-refractivity contribution >= 4 is 5.65 Å². The molecule has 2 aromatic heterocycles. The average Bonchev–Trinajstić information content (AvgIpc) is 2.78. The highest BCUT2D eigenvalue weighted by Gasteiger charge is 2.08. The van der Waals surface area contributed by atoms with Crippen LogP contribution in [0.1, 0.15) is 0 Å². The summed E-state index contributed by atoms with van der Waals surface area (Å²) >= 11 is 0. The first-order valence-corrected chi connectivity index (χ1v) is 5.08. The summed E-state index contributed by atoms with van der Waals surface area (Å²) in [6.07, 6.45) is 1.61. The Bertz CT molecular complexity index is 745. The molecule has 0 aliphatic carbocycles. The summed E-state index contributed by atoms with van der Waals surface area (Å²) in [5.41, 5.74) is 0.870. The van der Waals surface area contributed by atoms with Gasteiger partial charge in [0.05, 0.1) is 5.69 Å². The van der Waals surface area contributed by atoms with Gasteiger partial charge in [0, 0.05) is 23.9 Å². The van der Waals surface area contributed by atoms with E-state index in [-0.39, 0.29) is 11.4 Å². The van der Waals surface area contributed by atoms with Gasteiger partial charge < -0.3 is 0 Å². The van der Waals surface area contributed by atoms with Crippen LogP contribution in [0.15, 0.2) is 47.4 Å². The molecule has 2 heterocycles. The van der Waals surface area contributed by atoms with Crippen molar-refractivity contribution < 1.29 is 4.39 Å². The third-order valence-electron chi connectivity index (χ3n) is 2.53. The van der Waals surface area contributed by atoms with Gasteiger partial charge >= 0.3 is 0 Å². The van der Waals surface area contributed by atoms with Crippen molar-refractivity contribution in [2.24, 2.45) is 0 Å². The maximum absolute atomic E-state index is 13.6. The number of H-pyrrole nitrogens is 1. The predicted molar refractivity (Wildman–Crippen MR) is 61.2 cm³/mol.